The second kappa shape index (κ2) is 8.59. The molecule has 0 radical (unpaired) electrons. The van der Waals surface area contributed by atoms with E-state index in [0.29, 0.717) is 25.4 Å². The number of amides is 1. The molecular formula is C16H26N2O2. The fourth-order valence-corrected chi connectivity index (χ4v) is 2.31. The van der Waals surface area contributed by atoms with Gasteiger partial charge in [-0.05, 0) is 30.9 Å². The van der Waals surface area contributed by atoms with Gasteiger partial charge in [0.2, 0.25) is 5.91 Å². The van der Waals surface area contributed by atoms with Gasteiger partial charge in [-0.25, -0.2) is 0 Å². The molecule has 0 spiro atoms. The Morgan fingerprint density at radius 2 is 2.05 bits per heavy atom. The highest BCUT2D eigenvalue weighted by Gasteiger charge is 2.14. The summed E-state index contributed by atoms with van der Waals surface area (Å²) >= 11 is 0. The number of carbonyl (C=O) groups excluding carboxylic acids is 1. The van der Waals surface area contributed by atoms with Gasteiger partial charge >= 0.3 is 0 Å². The van der Waals surface area contributed by atoms with Gasteiger partial charge in [0.25, 0.3) is 0 Å². The molecule has 0 aliphatic heterocycles. The summed E-state index contributed by atoms with van der Waals surface area (Å²) < 4.78 is 5.26. The zero-order valence-corrected chi connectivity index (χ0v) is 12.7. The van der Waals surface area contributed by atoms with E-state index in [1.54, 1.807) is 7.11 Å². The Labute approximate surface area is 121 Å². The van der Waals surface area contributed by atoms with Crippen LogP contribution in [0.15, 0.2) is 24.3 Å². The van der Waals surface area contributed by atoms with Crippen LogP contribution in [0.4, 0.5) is 0 Å². The van der Waals surface area contributed by atoms with E-state index in [2.05, 4.69) is 19.2 Å². The van der Waals surface area contributed by atoms with E-state index in [4.69, 9.17) is 10.5 Å². The molecule has 0 aromatic heterocycles. The van der Waals surface area contributed by atoms with Gasteiger partial charge in [0.1, 0.15) is 5.75 Å². The number of benzene rings is 1. The van der Waals surface area contributed by atoms with Gasteiger partial charge < -0.3 is 15.8 Å². The van der Waals surface area contributed by atoms with Crippen LogP contribution in [0.1, 0.15) is 32.3 Å². The first-order valence-corrected chi connectivity index (χ1v) is 7.15. The molecule has 0 unspecified atom stereocenters. The molecule has 1 aromatic carbocycles. The molecule has 0 saturated heterocycles. The summed E-state index contributed by atoms with van der Waals surface area (Å²) in [4.78, 5) is 12.0. The second-order valence-corrected chi connectivity index (χ2v) is 5.52. The molecule has 0 bridgehead atoms. The Kier molecular flexibility index (Phi) is 7.09. The minimum Gasteiger partial charge on any atom is -0.496 e. The molecule has 0 fully saturated rings. The Morgan fingerprint density at radius 3 is 2.65 bits per heavy atom. The molecule has 4 nitrogen and oxygen atoms in total. The Morgan fingerprint density at radius 1 is 1.35 bits per heavy atom. The van der Waals surface area contributed by atoms with E-state index >= 15 is 0 Å². The third kappa shape index (κ3) is 5.61. The van der Waals surface area contributed by atoms with Crippen LogP contribution in [-0.4, -0.2) is 19.6 Å². The molecule has 0 aliphatic carbocycles. The Hall–Kier alpha value is -1.55. The number of para-hydroxylation sites is 1. The number of rotatable bonds is 8. The lowest BCUT2D eigenvalue weighted by Gasteiger charge is -2.17. The highest BCUT2D eigenvalue weighted by molar-refractivity contribution is 5.76. The lowest BCUT2D eigenvalue weighted by atomic mass is 9.94. The number of ether oxygens (including phenoxy) is 1. The van der Waals surface area contributed by atoms with Gasteiger partial charge in [0.05, 0.1) is 7.11 Å². The first-order valence-electron chi connectivity index (χ1n) is 7.15. The lowest BCUT2D eigenvalue weighted by molar-refractivity contribution is -0.122. The highest BCUT2D eigenvalue weighted by Crippen LogP contribution is 2.17. The van der Waals surface area contributed by atoms with Crippen molar-refractivity contribution in [1.29, 1.82) is 0 Å². The van der Waals surface area contributed by atoms with Gasteiger partial charge in [-0.1, -0.05) is 32.0 Å². The minimum absolute atomic E-state index is 0.0482. The largest absolute Gasteiger partial charge is 0.496 e. The average molecular weight is 278 g/mol. The molecular weight excluding hydrogens is 252 g/mol. The van der Waals surface area contributed by atoms with Crippen LogP contribution < -0.4 is 15.8 Å². The van der Waals surface area contributed by atoms with Crippen molar-refractivity contribution in [2.45, 2.75) is 33.2 Å². The van der Waals surface area contributed by atoms with Gasteiger partial charge in [0, 0.05) is 18.5 Å². The van der Waals surface area contributed by atoms with E-state index in [-0.39, 0.29) is 11.8 Å². The third-order valence-electron chi connectivity index (χ3n) is 3.28. The zero-order chi connectivity index (χ0) is 15.0. The van der Waals surface area contributed by atoms with Crippen molar-refractivity contribution in [3.8, 4) is 5.75 Å². The fourth-order valence-electron chi connectivity index (χ4n) is 2.31. The normalized spacial score (nSPS) is 12.2. The summed E-state index contributed by atoms with van der Waals surface area (Å²) in [5, 5.41) is 2.94. The maximum atomic E-state index is 12.0. The van der Waals surface area contributed by atoms with Crippen molar-refractivity contribution in [2.75, 3.05) is 13.7 Å². The first-order chi connectivity index (χ1) is 9.56. The molecule has 1 rings (SSSR count). The zero-order valence-electron chi connectivity index (χ0n) is 12.7. The SMILES string of the molecule is COc1ccccc1CNC(=O)C[C@@H](CN)CC(C)C. The van der Waals surface area contributed by atoms with Crippen LogP contribution in [-0.2, 0) is 11.3 Å². The summed E-state index contributed by atoms with van der Waals surface area (Å²) in [5.74, 6) is 1.66. The summed E-state index contributed by atoms with van der Waals surface area (Å²) in [7, 11) is 1.63. The number of carbonyl (C=O) groups is 1. The van der Waals surface area contributed by atoms with E-state index in [9.17, 15) is 4.79 Å². The smallest absolute Gasteiger partial charge is 0.220 e. The molecule has 0 aliphatic rings. The highest BCUT2D eigenvalue weighted by atomic mass is 16.5. The van der Waals surface area contributed by atoms with Crippen LogP contribution in [0.25, 0.3) is 0 Å². The van der Waals surface area contributed by atoms with Gasteiger partial charge in [-0.15, -0.1) is 0 Å². The van der Waals surface area contributed by atoms with Crippen molar-refractivity contribution in [1.82, 2.24) is 5.32 Å². The number of nitrogens with two attached hydrogens (primary N) is 1. The minimum atomic E-state index is 0.0482. The van der Waals surface area contributed by atoms with Gasteiger partial charge in [-0.2, -0.15) is 0 Å². The molecule has 4 heteroatoms. The fraction of sp³-hybridized carbons (Fsp3) is 0.562. The third-order valence-corrected chi connectivity index (χ3v) is 3.28. The number of methoxy groups -OCH3 is 1. The van der Waals surface area contributed by atoms with E-state index < -0.39 is 0 Å². The lowest BCUT2D eigenvalue weighted by Crippen LogP contribution is -2.28. The summed E-state index contributed by atoms with van der Waals surface area (Å²) in [6, 6.07) is 7.69. The predicted octanol–water partition coefficient (Wildman–Crippen LogP) is 2.32. The molecule has 1 atom stereocenters. The van der Waals surface area contributed by atoms with E-state index in [0.717, 1.165) is 17.7 Å². The molecule has 0 saturated carbocycles. The maximum Gasteiger partial charge on any atom is 0.220 e. The van der Waals surface area contributed by atoms with Crippen LogP contribution >= 0.6 is 0 Å². The Bertz CT molecular complexity index is 419. The van der Waals surface area contributed by atoms with Crippen LogP contribution in [0.5, 0.6) is 5.75 Å². The topological polar surface area (TPSA) is 64.3 Å². The molecule has 1 aromatic rings. The monoisotopic (exact) mass is 278 g/mol. The van der Waals surface area contributed by atoms with E-state index in [1.165, 1.54) is 0 Å². The number of hydrogen-bond acceptors (Lipinski definition) is 3. The van der Waals surface area contributed by atoms with E-state index in [1.807, 2.05) is 24.3 Å². The maximum absolute atomic E-state index is 12.0. The quantitative estimate of drug-likeness (QED) is 0.767. The van der Waals surface area contributed by atoms with Crippen LogP contribution in [0.3, 0.4) is 0 Å². The molecule has 112 valence electrons. The van der Waals surface area contributed by atoms with Crippen molar-refractivity contribution < 1.29 is 9.53 Å². The van der Waals surface area contributed by atoms with Crippen molar-refractivity contribution >= 4 is 5.91 Å². The van der Waals surface area contributed by atoms with Crippen LogP contribution in [0.2, 0.25) is 0 Å². The summed E-state index contributed by atoms with van der Waals surface area (Å²) in [6.07, 6.45) is 1.47. The molecule has 20 heavy (non-hydrogen) atoms. The standard InChI is InChI=1S/C16H26N2O2/c1-12(2)8-13(10-17)9-16(19)18-11-14-6-4-5-7-15(14)20-3/h4-7,12-13H,8-11,17H2,1-3H3,(H,18,19)/t13-/m0/s1. The summed E-state index contributed by atoms with van der Waals surface area (Å²) in [5.41, 5.74) is 6.71. The van der Waals surface area contributed by atoms with Crippen molar-refractivity contribution in [3.63, 3.8) is 0 Å². The molecule has 1 amide bonds. The van der Waals surface area contributed by atoms with Crippen molar-refractivity contribution in [2.24, 2.45) is 17.6 Å². The van der Waals surface area contributed by atoms with Gasteiger partial charge in [-0.3, -0.25) is 4.79 Å². The summed E-state index contributed by atoms with van der Waals surface area (Å²) in [6.45, 7) is 5.34. The number of nitrogens with one attached hydrogen (secondary N) is 1. The number of hydrogen-bond donors (Lipinski definition) is 2. The average Bonchev–Trinajstić information content (AvgIpc) is 2.44. The van der Waals surface area contributed by atoms with Crippen LogP contribution in [0, 0.1) is 11.8 Å². The second-order valence-electron chi connectivity index (χ2n) is 5.52. The van der Waals surface area contributed by atoms with Crippen molar-refractivity contribution in [3.05, 3.63) is 29.8 Å². The molecule has 3 N–H and O–H groups in total. The Balaban J connectivity index is 2.46. The first kappa shape index (κ1) is 16.5. The molecule has 0 heterocycles. The van der Waals surface area contributed by atoms with Gasteiger partial charge in [0.15, 0.2) is 0 Å². The predicted molar refractivity (Wildman–Crippen MR) is 81.5 cm³/mol.